The van der Waals surface area contributed by atoms with E-state index in [0.29, 0.717) is 19.3 Å². The van der Waals surface area contributed by atoms with E-state index in [1.165, 1.54) is 32.1 Å². The molecule has 0 atom stereocenters. The smallest absolute Gasteiger partial charge is 0.435 e. The number of carbonyl (C=O) groups excluding carboxylic acids is 1. The topological polar surface area (TPSA) is 47.6 Å². The number of hydrogen-bond acceptors (Lipinski definition) is 4. The molecule has 88 valence electrons. The van der Waals surface area contributed by atoms with Crippen LogP contribution in [0.3, 0.4) is 0 Å². The summed E-state index contributed by atoms with van der Waals surface area (Å²) in [4.78, 5) is 10.8. The van der Waals surface area contributed by atoms with Crippen LogP contribution >= 0.6 is 0 Å². The van der Waals surface area contributed by atoms with Crippen LogP contribution in [0.2, 0.25) is 0 Å². The summed E-state index contributed by atoms with van der Waals surface area (Å²) in [5.74, 6) is 0. The van der Waals surface area contributed by atoms with Crippen LogP contribution in [0.1, 0.15) is 39.0 Å². The van der Waals surface area contributed by atoms with Gasteiger partial charge in [-0.2, -0.15) is 0 Å². The molecule has 0 aromatic rings. The van der Waals surface area contributed by atoms with Crippen molar-refractivity contribution in [1.82, 2.24) is 5.32 Å². The van der Waals surface area contributed by atoms with Crippen LogP contribution in [0.4, 0.5) is 4.79 Å². The lowest BCUT2D eigenvalue weighted by molar-refractivity contribution is 0.0590. The molecule has 1 aliphatic carbocycles. The van der Waals surface area contributed by atoms with Gasteiger partial charge >= 0.3 is 6.16 Å². The molecule has 0 unspecified atom stereocenters. The van der Waals surface area contributed by atoms with Gasteiger partial charge in [-0.1, -0.05) is 19.3 Å². The van der Waals surface area contributed by atoms with Gasteiger partial charge in [-0.25, -0.2) is 4.79 Å². The lowest BCUT2D eigenvalue weighted by Crippen LogP contribution is -2.33. The SMILES string of the molecule is CCOC(=O)OCCNC1CCCCC1. The Morgan fingerprint density at radius 1 is 1.27 bits per heavy atom. The lowest BCUT2D eigenvalue weighted by atomic mass is 9.96. The first kappa shape index (κ1) is 12.3. The van der Waals surface area contributed by atoms with Crippen molar-refractivity contribution in [2.75, 3.05) is 19.8 Å². The van der Waals surface area contributed by atoms with Gasteiger partial charge in [0.15, 0.2) is 0 Å². The summed E-state index contributed by atoms with van der Waals surface area (Å²) in [6.07, 6.45) is 5.92. The van der Waals surface area contributed by atoms with Gasteiger partial charge in [-0.3, -0.25) is 0 Å². The Hall–Kier alpha value is -0.770. The first-order valence-corrected chi connectivity index (χ1v) is 5.86. The molecular formula is C11H21NO3. The van der Waals surface area contributed by atoms with E-state index in [-0.39, 0.29) is 0 Å². The molecule has 1 N–H and O–H groups in total. The number of nitrogens with one attached hydrogen (secondary N) is 1. The van der Waals surface area contributed by atoms with Crippen molar-refractivity contribution in [3.8, 4) is 0 Å². The van der Waals surface area contributed by atoms with Crippen LogP contribution in [0.15, 0.2) is 0 Å². The second-order valence-corrected chi connectivity index (χ2v) is 3.82. The molecule has 1 rings (SSSR count). The highest BCUT2D eigenvalue weighted by atomic mass is 16.7. The number of hydrogen-bond donors (Lipinski definition) is 1. The van der Waals surface area contributed by atoms with Crippen LogP contribution < -0.4 is 5.32 Å². The zero-order chi connectivity index (χ0) is 10.9. The predicted molar refractivity (Wildman–Crippen MR) is 57.8 cm³/mol. The molecule has 0 spiro atoms. The second kappa shape index (κ2) is 7.51. The fraction of sp³-hybridized carbons (Fsp3) is 0.909. The molecule has 1 saturated carbocycles. The van der Waals surface area contributed by atoms with Crippen LogP contribution in [-0.4, -0.2) is 32.0 Å². The zero-order valence-corrected chi connectivity index (χ0v) is 9.46. The molecule has 0 aromatic carbocycles. The van der Waals surface area contributed by atoms with E-state index >= 15 is 0 Å². The molecule has 4 heteroatoms. The maximum atomic E-state index is 10.8. The van der Waals surface area contributed by atoms with Gasteiger partial charge in [0.25, 0.3) is 0 Å². The summed E-state index contributed by atoms with van der Waals surface area (Å²) in [6.45, 7) is 3.26. The van der Waals surface area contributed by atoms with Crippen LogP contribution in [0, 0.1) is 0 Å². The van der Waals surface area contributed by atoms with Crippen molar-refractivity contribution >= 4 is 6.16 Å². The minimum atomic E-state index is -0.567. The maximum Gasteiger partial charge on any atom is 0.508 e. The fourth-order valence-electron chi connectivity index (χ4n) is 1.86. The lowest BCUT2D eigenvalue weighted by Gasteiger charge is -2.22. The fourth-order valence-corrected chi connectivity index (χ4v) is 1.86. The average molecular weight is 215 g/mol. The highest BCUT2D eigenvalue weighted by Crippen LogP contribution is 2.16. The van der Waals surface area contributed by atoms with Gasteiger partial charge < -0.3 is 14.8 Å². The summed E-state index contributed by atoms with van der Waals surface area (Å²) in [7, 11) is 0. The van der Waals surface area contributed by atoms with Crippen LogP contribution in [0.5, 0.6) is 0 Å². The molecule has 15 heavy (non-hydrogen) atoms. The molecular weight excluding hydrogens is 194 g/mol. The number of ether oxygens (including phenoxy) is 2. The maximum absolute atomic E-state index is 10.8. The summed E-state index contributed by atoms with van der Waals surface area (Å²) < 4.78 is 9.49. The highest BCUT2D eigenvalue weighted by molar-refractivity contribution is 5.59. The molecule has 0 radical (unpaired) electrons. The van der Waals surface area contributed by atoms with Crippen molar-refractivity contribution in [1.29, 1.82) is 0 Å². The zero-order valence-electron chi connectivity index (χ0n) is 9.46. The van der Waals surface area contributed by atoms with Gasteiger partial charge in [0.1, 0.15) is 6.61 Å². The molecule has 1 aliphatic rings. The third-order valence-corrected chi connectivity index (χ3v) is 2.62. The molecule has 4 nitrogen and oxygen atoms in total. The van der Waals surface area contributed by atoms with Gasteiger partial charge in [-0.05, 0) is 19.8 Å². The van der Waals surface area contributed by atoms with Gasteiger partial charge in [0.2, 0.25) is 0 Å². The highest BCUT2D eigenvalue weighted by Gasteiger charge is 2.12. The normalized spacial score (nSPS) is 17.4. The Kier molecular flexibility index (Phi) is 6.16. The molecule has 1 fully saturated rings. The first-order valence-electron chi connectivity index (χ1n) is 5.86. The Morgan fingerprint density at radius 2 is 2.00 bits per heavy atom. The van der Waals surface area contributed by atoms with Crippen molar-refractivity contribution in [3.05, 3.63) is 0 Å². The quantitative estimate of drug-likeness (QED) is 0.563. The molecule has 0 heterocycles. The van der Waals surface area contributed by atoms with Crippen molar-refractivity contribution in [2.24, 2.45) is 0 Å². The third-order valence-electron chi connectivity index (χ3n) is 2.62. The number of carbonyl (C=O) groups is 1. The summed E-state index contributed by atoms with van der Waals surface area (Å²) in [6, 6.07) is 0.615. The third kappa shape index (κ3) is 5.62. The van der Waals surface area contributed by atoms with E-state index in [0.717, 1.165) is 6.54 Å². The molecule has 0 aliphatic heterocycles. The largest absolute Gasteiger partial charge is 0.508 e. The Balaban J connectivity index is 1.93. The van der Waals surface area contributed by atoms with Crippen molar-refractivity contribution in [2.45, 2.75) is 45.1 Å². The van der Waals surface area contributed by atoms with Gasteiger partial charge in [0.05, 0.1) is 6.61 Å². The van der Waals surface area contributed by atoms with E-state index in [1.807, 2.05) is 0 Å². The summed E-state index contributed by atoms with van der Waals surface area (Å²) in [5, 5.41) is 3.39. The van der Waals surface area contributed by atoms with E-state index < -0.39 is 6.16 Å². The second-order valence-electron chi connectivity index (χ2n) is 3.82. The van der Waals surface area contributed by atoms with E-state index in [1.54, 1.807) is 6.92 Å². The first-order chi connectivity index (χ1) is 7.33. The minimum Gasteiger partial charge on any atom is -0.435 e. The van der Waals surface area contributed by atoms with Crippen LogP contribution in [-0.2, 0) is 9.47 Å². The average Bonchev–Trinajstić information content (AvgIpc) is 2.26. The molecule has 0 aromatic heterocycles. The van der Waals surface area contributed by atoms with Crippen molar-refractivity contribution < 1.29 is 14.3 Å². The molecule has 0 amide bonds. The van der Waals surface area contributed by atoms with Gasteiger partial charge in [0, 0.05) is 12.6 Å². The summed E-state index contributed by atoms with van der Waals surface area (Å²) >= 11 is 0. The predicted octanol–water partition coefficient (Wildman–Crippen LogP) is 2.08. The molecule has 0 bridgehead atoms. The minimum absolute atomic E-state index is 0.370. The summed E-state index contributed by atoms with van der Waals surface area (Å²) in [5.41, 5.74) is 0. The van der Waals surface area contributed by atoms with E-state index in [4.69, 9.17) is 4.74 Å². The van der Waals surface area contributed by atoms with Gasteiger partial charge in [-0.15, -0.1) is 0 Å². The Labute approximate surface area is 91.3 Å². The monoisotopic (exact) mass is 215 g/mol. The molecule has 0 saturated heterocycles. The Morgan fingerprint density at radius 3 is 2.67 bits per heavy atom. The Bertz CT molecular complexity index is 179. The standard InChI is InChI=1S/C11H21NO3/c1-2-14-11(13)15-9-8-12-10-6-4-3-5-7-10/h10,12H,2-9H2,1H3. The van der Waals surface area contributed by atoms with Crippen LogP contribution in [0.25, 0.3) is 0 Å². The van der Waals surface area contributed by atoms with Crippen molar-refractivity contribution in [3.63, 3.8) is 0 Å². The van der Waals surface area contributed by atoms with E-state index in [9.17, 15) is 4.79 Å². The number of rotatable bonds is 5. The van der Waals surface area contributed by atoms with E-state index in [2.05, 4.69) is 10.1 Å².